The number of nitrogens with zero attached hydrogens (tertiary/aromatic N) is 1. The number of aliphatic imine (C=N–C) groups is 1. The third kappa shape index (κ3) is 2.58. The van der Waals surface area contributed by atoms with Gasteiger partial charge in [-0.15, -0.1) is 0 Å². The van der Waals surface area contributed by atoms with Crippen molar-refractivity contribution in [3.63, 3.8) is 0 Å². The Labute approximate surface area is 103 Å². The van der Waals surface area contributed by atoms with Gasteiger partial charge in [-0.3, -0.25) is 0 Å². The van der Waals surface area contributed by atoms with Crippen LogP contribution in [-0.2, 0) is 4.74 Å². The van der Waals surface area contributed by atoms with Crippen molar-refractivity contribution in [2.24, 2.45) is 4.99 Å². The Morgan fingerprint density at radius 1 is 1.50 bits per heavy atom. The Morgan fingerprint density at radius 2 is 2.19 bits per heavy atom. The van der Waals surface area contributed by atoms with Crippen molar-refractivity contribution >= 4 is 40.6 Å². The van der Waals surface area contributed by atoms with Gasteiger partial charge < -0.3 is 9.47 Å². The van der Waals surface area contributed by atoms with Crippen molar-refractivity contribution < 1.29 is 14.3 Å². The molecule has 0 radical (unpaired) electrons. The first-order valence-corrected chi connectivity index (χ1v) is 4.96. The molecule has 84 valence electrons. The molecule has 0 bridgehead atoms. The third-order valence-electron chi connectivity index (χ3n) is 1.84. The molecule has 1 aromatic rings. The minimum Gasteiger partial charge on any atom is -0.496 e. The smallest absolute Gasteiger partial charge is 0.341 e. The number of halogens is 1. The van der Waals surface area contributed by atoms with Gasteiger partial charge in [0.2, 0.25) is 0 Å². The monoisotopic (exact) mass is 257 g/mol. The zero-order chi connectivity index (χ0) is 12.1. The maximum Gasteiger partial charge on any atom is 0.341 e. The van der Waals surface area contributed by atoms with E-state index in [0.29, 0.717) is 11.4 Å². The third-order valence-corrected chi connectivity index (χ3v) is 2.23. The van der Waals surface area contributed by atoms with Crippen molar-refractivity contribution in [2.75, 3.05) is 14.2 Å². The van der Waals surface area contributed by atoms with Gasteiger partial charge in [-0.25, -0.2) is 4.79 Å². The van der Waals surface area contributed by atoms with Gasteiger partial charge in [0.25, 0.3) is 0 Å². The molecule has 0 aliphatic rings. The van der Waals surface area contributed by atoms with Crippen LogP contribution in [0.5, 0.6) is 5.75 Å². The Balaban J connectivity index is 3.37. The summed E-state index contributed by atoms with van der Waals surface area (Å²) in [7, 11) is 2.71. The summed E-state index contributed by atoms with van der Waals surface area (Å²) in [5, 5.41) is 2.47. The van der Waals surface area contributed by atoms with Gasteiger partial charge in [0, 0.05) is 6.07 Å². The summed E-state index contributed by atoms with van der Waals surface area (Å²) in [6.07, 6.45) is 0. The number of methoxy groups -OCH3 is 2. The summed E-state index contributed by atoms with van der Waals surface area (Å²) in [5.74, 6) is -0.211. The number of hydrogen-bond donors (Lipinski definition) is 0. The van der Waals surface area contributed by atoms with E-state index in [9.17, 15) is 4.79 Å². The molecule has 16 heavy (non-hydrogen) atoms. The second-order valence-electron chi connectivity index (χ2n) is 2.70. The highest BCUT2D eigenvalue weighted by Gasteiger charge is 2.15. The number of esters is 1. The maximum atomic E-state index is 11.4. The zero-order valence-electron chi connectivity index (χ0n) is 8.61. The number of benzene rings is 1. The molecule has 0 amide bonds. The molecule has 0 spiro atoms. The van der Waals surface area contributed by atoms with Gasteiger partial charge in [0.1, 0.15) is 11.3 Å². The molecule has 6 heteroatoms. The van der Waals surface area contributed by atoms with Crippen LogP contribution in [-0.4, -0.2) is 25.4 Å². The molecule has 0 unspecified atom stereocenters. The van der Waals surface area contributed by atoms with Crippen LogP contribution in [0, 0.1) is 0 Å². The quantitative estimate of drug-likeness (QED) is 0.475. The lowest BCUT2D eigenvalue weighted by Gasteiger charge is -2.08. The van der Waals surface area contributed by atoms with Crippen LogP contribution >= 0.6 is 23.8 Å². The van der Waals surface area contributed by atoms with Crippen LogP contribution in [0.1, 0.15) is 10.4 Å². The van der Waals surface area contributed by atoms with Crippen LogP contribution in [0.25, 0.3) is 0 Å². The Kier molecular flexibility index (Phi) is 4.43. The average molecular weight is 258 g/mol. The molecule has 0 heterocycles. The summed E-state index contributed by atoms with van der Waals surface area (Å²) in [6.45, 7) is 0. The first-order chi connectivity index (χ1) is 7.63. The Hall–Kier alpha value is -1.42. The average Bonchev–Trinajstić information content (AvgIpc) is 2.30. The van der Waals surface area contributed by atoms with E-state index < -0.39 is 5.97 Å². The molecular weight excluding hydrogens is 250 g/mol. The minimum atomic E-state index is -0.531. The van der Waals surface area contributed by atoms with Gasteiger partial charge in [0.15, 0.2) is 0 Å². The number of carbonyl (C=O) groups excluding carboxylic acids is 1. The normalized spacial score (nSPS) is 9.19. The summed E-state index contributed by atoms with van der Waals surface area (Å²) in [4.78, 5) is 15.1. The van der Waals surface area contributed by atoms with Crippen molar-refractivity contribution in [2.45, 2.75) is 0 Å². The fourth-order valence-electron chi connectivity index (χ4n) is 1.12. The number of thiocarbonyl (C=S) groups is 1. The Bertz CT molecular complexity index is 469. The summed E-state index contributed by atoms with van der Waals surface area (Å²) in [6, 6.07) is 2.91. The molecule has 0 aliphatic heterocycles. The Morgan fingerprint density at radius 3 is 2.69 bits per heavy atom. The molecule has 0 aromatic heterocycles. The predicted octanol–water partition coefficient (Wildman–Crippen LogP) is 2.87. The molecule has 0 saturated heterocycles. The topological polar surface area (TPSA) is 47.9 Å². The number of ether oxygens (including phenoxy) is 2. The first-order valence-electron chi connectivity index (χ1n) is 4.17. The van der Waals surface area contributed by atoms with Crippen molar-refractivity contribution in [1.82, 2.24) is 0 Å². The second-order valence-corrected chi connectivity index (χ2v) is 3.29. The van der Waals surface area contributed by atoms with E-state index in [2.05, 4.69) is 27.1 Å². The van der Waals surface area contributed by atoms with Crippen molar-refractivity contribution in [3.05, 3.63) is 22.7 Å². The van der Waals surface area contributed by atoms with E-state index in [1.165, 1.54) is 26.4 Å². The molecule has 4 nitrogen and oxygen atoms in total. The molecule has 1 aromatic carbocycles. The van der Waals surface area contributed by atoms with E-state index >= 15 is 0 Å². The largest absolute Gasteiger partial charge is 0.496 e. The lowest BCUT2D eigenvalue weighted by atomic mass is 10.2. The molecule has 0 N–H and O–H groups in total. The van der Waals surface area contributed by atoms with Gasteiger partial charge >= 0.3 is 5.97 Å². The number of hydrogen-bond acceptors (Lipinski definition) is 5. The highest BCUT2D eigenvalue weighted by molar-refractivity contribution is 7.78. The van der Waals surface area contributed by atoms with Crippen LogP contribution in [0.2, 0.25) is 5.02 Å². The van der Waals surface area contributed by atoms with Crippen LogP contribution < -0.4 is 4.74 Å². The summed E-state index contributed by atoms with van der Waals surface area (Å²) >= 11 is 10.4. The molecule has 0 fully saturated rings. The highest BCUT2D eigenvalue weighted by atomic mass is 35.5. The highest BCUT2D eigenvalue weighted by Crippen LogP contribution is 2.32. The first kappa shape index (κ1) is 12.6. The molecule has 1 rings (SSSR count). The fraction of sp³-hybridized carbons (Fsp3) is 0.200. The standard InChI is InChI=1S/C10H8ClNO3S/c1-14-9-4-8(12-5-16)7(11)3-6(9)10(13)15-2/h3-4H,1-2H3. The summed E-state index contributed by atoms with van der Waals surface area (Å²) < 4.78 is 9.62. The lowest BCUT2D eigenvalue weighted by Crippen LogP contribution is -2.03. The van der Waals surface area contributed by atoms with Gasteiger partial charge in [-0.2, -0.15) is 4.99 Å². The van der Waals surface area contributed by atoms with Gasteiger partial charge in [-0.1, -0.05) is 11.6 Å². The van der Waals surface area contributed by atoms with E-state index in [1.54, 1.807) is 0 Å². The minimum absolute atomic E-state index is 0.235. The number of rotatable bonds is 3. The second kappa shape index (κ2) is 5.61. The van der Waals surface area contributed by atoms with Crippen LogP contribution in [0.3, 0.4) is 0 Å². The fourth-order valence-corrected chi connectivity index (χ4v) is 1.42. The van der Waals surface area contributed by atoms with Crippen LogP contribution in [0.15, 0.2) is 17.1 Å². The number of carbonyl (C=O) groups is 1. The molecule has 0 saturated carbocycles. The number of isothiocyanates is 1. The van der Waals surface area contributed by atoms with Crippen LogP contribution in [0.4, 0.5) is 5.69 Å². The van der Waals surface area contributed by atoms with Gasteiger partial charge in [-0.05, 0) is 18.3 Å². The molecular formula is C10H8ClNO3S. The summed E-state index contributed by atoms with van der Waals surface area (Å²) in [5.41, 5.74) is 0.625. The van der Waals surface area contributed by atoms with E-state index in [-0.39, 0.29) is 10.6 Å². The maximum absolute atomic E-state index is 11.4. The lowest BCUT2D eigenvalue weighted by molar-refractivity contribution is 0.0597. The SMILES string of the molecule is COC(=O)c1cc(Cl)c(N=C=S)cc1OC. The van der Waals surface area contributed by atoms with Gasteiger partial charge in [0.05, 0.1) is 30.1 Å². The van der Waals surface area contributed by atoms with Crippen molar-refractivity contribution in [1.29, 1.82) is 0 Å². The van der Waals surface area contributed by atoms with E-state index in [1.807, 2.05) is 0 Å². The predicted molar refractivity (Wildman–Crippen MR) is 64.0 cm³/mol. The zero-order valence-corrected chi connectivity index (χ0v) is 10.2. The molecule has 0 atom stereocenters. The molecule has 0 aliphatic carbocycles. The van der Waals surface area contributed by atoms with Crippen molar-refractivity contribution in [3.8, 4) is 5.75 Å². The van der Waals surface area contributed by atoms with E-state index in [0.717, 1.165) is 0 Å². The van der Waals surface area contributed by atoms with E-state index in [4.69, 9.17) is 16.3 Å².